The Labute approximate surface area is 112 Å². The minimum atomic E-state index is 0. The average Bonchev–Trinajstić information content (AvgIpc) is 2.29. The quantitative estimate of drug-likeness (QED) is 0.849. The third-order valence-corrected chi connectivity index (χ3v) is 2.73. The number of halogens is 1. The summed E-state index contributed by atoms with van der Waals surface area (Å²) in [4.78, 5) is 0. The molecule has 0 heterocycles. The van der Waals surface area contributed by atoms with Gasteiger partial charge in [-0.2, -0.15) is 0 Å². The van der Waals surface area contributed by atoms with E-state index in [1.165, 1.54) is 10.9 Å². The normalized spacial score (nSPS) is 10.2. The molecule has 0 aliphatic heterocycles. The van der Waals surface area contributed by atoms with Crippen molar-refractivity contribution in [1.29, 1.82) is 0 Å². The summed E-state index contributed by atoms with van der Waals surface area (Å²) in [6.45, 7) is 4.14. The van der Waals surface area contributed by atoms with Gasteiger partial charge in [-0.3, -0.25) is 0 Å². The highest BCUT2D eigenvalue weighted by atomic mass is 79.9. The fraction of sp³-hybridized carbons (Fsp3) is 0.286. The molecular formula is C14H18BrNO. The lowest BCUT2D eigenvalue weighted by Gasteiger charge is -2.04. The predicted molar refractivity (Wildman–Crippen MR) is 78.2 cm³/mol. The predicted octanol–water partition coefficient (Wildman–Crippen LogP) is 3.28. The molecule has 0 radical (unpaired) electrons. The van der Waals surface area contributed by atoms with E-state index >= 15 is 0 Å². The van der Waals surface area contributed by atoms with E-state index in [0.29, 0.717) is 5.75 Å². The molecule has 2 aromatic carbocycles. The van der Waals surface area contributed by atoms with Gasteiger partial charge in [-0.05, 0) is 48.0 Å². The summed E-state index contributed by atoms with van der Waals surface area (Å²) in [6.07, 6.45) is 1.05. The van der Waals surface area contributed by atoms with E-state index in [4.69, 9.17) is 0 Å². The zero-order valence-corrected chi connectivity index (χ0v) is 11.7. The van der Waals surface area contributed by atoms with Gasteiger partial charge < -0.3 is 10.4 Å². The highest BCUT2D eigenvalue weighted by Gasteiger charge is 1.97. The summed E-state index contributed by atoms with van der Waals surface area (Å²) < 4.78 is 0. The Hall–Kier alpha value is -1.06. The molecule has 0 bridgehead atoms. The van der Waals surface area contributed by atoms with Gasteiger partial charge in [0.2, 0.25) is 0 Å². The van der Waals surface area contributed by atoms with Crippen LogP contribution in [0, 0.1) is 0 Å². The number of hydrogen-bond acceptors (Lipinski definition) is 2. The number of benzene rings is 2. The average molecular weight is 296 g/mol. The Kier molecular flexibility index (Phi) is 5.45. The van der Waals surface area contributed by atoms with Crippen LogP contribution in [0.3, 0.4) is 0 Å². The molecule has 2 nitrogen and oxygen atoms in total. The molecule has 0 fully saturated rings. The van der Waals surface area contributed by atoms with Gasteiger partial charge in [0.1, 0.15) is 5.75 Å². The topological polar surface area (TPSA) is 32.3 Å². The largest absolute Gasteiger partial charge is 0.508 e. The number of hydrogen-bond donors (Lipinski definition) is 2. The molecule has 92 valence electrons. The third kappa shape index (κ3) is 3.72. The molecule has 0 unspecified atom stereocenters. The van der Waals surface area contributed by atoms with E-state index < -0.39 is 0 Å². The van der Waals surface area contributed by atoms with Crippen molar-refractivity contribution in [3.05, 3.63) is 42.0 Å². The summed E-state index contributed by atoms with van der Waals surface area (Å²) in [5.74, 6) is 0.327. The van der Waals surface area contributed by atoms with Crippen LogP contribution in [-0.2, 0) is 6.42 Å². The van der Waals surface area contributed by atoms with Gasteiger partial charge in [0.15, 0.2) is 0 Å². The van der Waals surface area contributed by atoms with Crippen molar-refractivity contribution >= 4 is 27.8 Å². The highest BCUT2D eigenvalue weighted by molar-refractivity contribution is 8.93. The Morgan fingerprint density at radius 2 is 1.76 bits per heavy atom. The third-order valence-electron chi connectivity index (χ3n) is 2.73. The monoisotopic (exact) mass is 295 g/mol. The van der Waals surface area contributed by atoms with Gasteiger partial charge in [-0.15, -0.1) is 17.0 Å². The Bertz CT molecular complexity index is 485. The first-order valence-corrected chi connectivity index (χ1v) is 5.72. The minimum Gasteiger partial charge on any atom is -0.508 e. The van der Waals surface area contributed by atoms with Crippen LogP contribution in [0.5, 0.6) is 5.75 Å². The van der Waals surface area contributed by atoms with Crippen molar-refractivity contribution in [2.75, 3.05) is 13.1 Å². The van der Waals surface area contributed by atoms with Gasteiger partial charge in [0.05, 0.1) is 0 Å². The van der Waals surface area contributed by atoms with Crippen molar-refractivity contribution in [1.82, 2.24) is 5.32 Å². The second-order valence-corrected chi connectivity index (χ2v) is 3.97. The maximum absolute atomic E-state index is 9.36. The minimum absolute atomic E-state index is 0. The fourth-order valence-corrected chi connectivity index (χ4v) is 1.85. The molecule has 0 saturated heterocycles. The Morgan fingerprint density at radius 1 is 1.06 bits per heavy atom. The summed E-state index contributed by atoms with van der Waals surface area (Å²) in [7, 11) is 0. The second-order valence-electron chi connectivity index (χ2n) is 3.97. The number of fused-ring (bicyclic) bond motifs is 1. The molecule has 0 spiro atoms. The first kappa shape index (κ1) is 14.0. The van der Waals surface area contributed by atoms with Crippen LogP contribution in [0.2, 0.25) is 0 Å². The molecule has 2 N–H and O–H groups in total. The molecule has 0 aliphatic carbocycles. The van der Waals surface area contributed by atoms with E-state index in [1.54, 1.807) is 12.1 Å². The lowest BCUT2D eigenvalue weighted by atomic mass is 10.0. The van der Waals surface area contributed by atoms with Crippen molar-refractivity contribution in [2.24, 2.45) is 0 Å². The summed E-state index contributed by atoms with van der Waals surface area (Å²) in [6, 6.07) is 11.9. The molecule has 17 heavy (non-hydrogen) atoms. The first-order chi connectivity index (χ1) is 7.79. The first-order valence-electron chi connectivity index (χ1n) is 5.72. The van der Waals surface area contributed by atoms with Crippen LogP contribution < -0.4 is 5.32 Å². The van der Waals surface area contributed by atoms with Crippen molar-refractivity contribution in [3.63, 3.8) is 0 Å². The number of rotatable bonds is 4. The zero-order chi connectivity index (χ0) is 11.4. The molecule has 0 aromatic heterocycles. The maximum Gasteiger partial charge on any atom is 0.116 e. The van der Waals surface area contributed by atoms with Crippen molar-refractivity contribution in [2.45, 2.75) is 13.3 Å². The maximum atomic E-state index is 9.36. The molecule has 0 aliphatic rings. The van der Waals surface area contributed by atoms with Crippen LogP contribution in [-0.4, -0.2) is 18.2 Å². The number of aromatic hydroxyl groups is 1. The molecular weight excluding hydrogens is 278 g/mol. The number of phenolic OH excluding ortho intramolecular Hbond substituents is 1. The van der Waals surface area contributed by atoms with E-state index in [0.717, 1.165) is 24.9 Å². The van der Waals surface area contributed by atoms with Crippen LogP contribution >= 0.6 is 17.0 Å². The van der Waals surface area contributed by atoms with Gasteiger partial charge >= 0.3 is 0 Å². The Balaban J connectivity index is 0.00000144. The highest BCUT2D eigenvalue weighted by Crippen LogP contribution is 2.21. The van der Waals surface area contributed by atoms with Gasteiger partial charge in [0, 0.05) is 0 Å². The van der Waals surface area contributed by atoms with Gasteiger partial charge in [0.25, 0.3) is 0 Å². The SMILES string of the molecule is Br.CCNCCc1ccc2cc(O)ccc2c1. The van der Waals surface area contributed by atoms with E-state index in [9.17, 15) is 5.11 Å². The Morgan fingerprint density at radius 3 is 2.53 bits per heavy atom. The molecule has 0 saturated carbocycles. The summed E-state index contributed by atoms with van der Waals surface area (Å²) in [5.41, 5.74) is 1.33. The standard InChI is InChI=1S/C14H17NO.BrH/c1-2-15-8-7-11-3-4-13-10-14(16)6-5-12(13)9-11;/h3-6,9-10,15-16H,2,7-8H2,1H3;1H. The lowest BCUT2D eigenvalue weighted by Crippen LogP contribution is -2.15. The van der Waals surface area contributed by atoms with Crippen molar-refractivity contribution in [3.8, 4) is 5.75 Å². The van der Waals surface area contributed by atoms with E-state index in [2.05, 4.69) is 30.4 Å². The van der Waals surface area contributed by atoms with E-state index in [-0.39, 0.29) is 17.0 Å². The van der Waals surface area contributed by atoms with E-state index in [1.807, 2.05) is 6.07 Å². The smallest absolute Gasteiger partial charge is 0.116 e. The van der Waals surface area contributed by atoms with Gasteiger partial charge in [-0.1, -0.05) is 31.2 Å². The lowest BCUT2D eigenvalue weighted by molar-refractivity contribution is 0.476. The summed E-state index contributed by atoms with van der Waals surface area (Å²) in [5, 5.41) is 15.0. The summed E-state index contributed by atoms with van der Waals surface area (Å²) >= 11 is 0. The molecule has 3 heteroatoms. The van der Waals surface area contributed by atoms with Gasteiger partial charge in [-0.25, -0.2) is 0 Å². The van der Waals surface area contributed by atoms with Crippen LogP contribution in [0.4, 0.5) is 0 Å². The van der Waals surface area contributed by atoms with Crippen LogP contribution in [0.25, 0.3) is 10.8 Å². The second kappa shape index (κ2) is 6.62. The molecule has 2 aromatic rings. The van der Waals surface area contributed by atoms with Crippen LogP contribution in [0.1, 0.15) is 12.5 Å². The molecule has 2 rings (SSSR count). The van der Waals surface area contributed by atoms with Crippen LogP contribution in [0.15, 0.2) is 36.4 Å². The number of phenols is 1. The fourth-order valence-electron chi connectivity index (χ4n) is 1.85. The zero-order valence-electron chi connectivity index (χ0n) is 9.94. The molecule has 0 atom stereocenters. The molecule has 0 amide bonds. The number of likely N-dealkylation sites (N-methyl/N-ethyl adjacent to an activating group) is 1. The van der Waals surface area contributed by atoms with Crippen molar-refractivity contribution < 1.29 is 5.11 Å². The number of nitrogens with one attached hydrogen (secondary N) is 1.